The number of aryl methyl sites for hydroxylation is 2. The molecule has 0 spiro atoms. The Balaban J connectivity index is 2.58. The van der Waals surface area contributed by atoms with Crippen molar-refractivity contribution in [2.75, 3.05) is 12.3 Å². The third kappa shape index (κ3) is 2.44. The van der Waals surface area contributed by atoms with Crippen LogP contribution in [-0.4, -0.2) is 25.3 Å². The molecule has 1 saturated heterocycles. The number of hydrogen-bond acceptors (Lipinski definition) is 3. The van der Waals surface area contributed by atoms with E-state index in [1.807, 2.05) is 26.8 Å². The minimum Gasteiger partial charge on any atom is -0.398 e. The van der Waals surface area contributed by atoms with Crippen LogP contribution in [0.5, 0.6) is 0 Å². The molecule has 2 N–H and O–H groups in total. The van der Waals surface area contributed by atoms with Crippen LogP contribution in [0.2, 0.25) is 0 Å². The smallest absolute Gasteiger partial charge is 0.243 e. The molecular weight excluding hydrogens is 272 g/mol. The molecule has 1 aromatic rings. The Morgan fingerprint density at radius 3 is 2.45 bits per heavy atom. The van der Waals surface area contributed by atoms with Gasteiger partial charge in [0.1, 0.15) is 0 Å². The first-order valence-electron chi connectivity index (χ1n) is 7.15. The number of anilines is 1. The lowest BCUT2D eigenvalue weighted by Crippen LogP contribution is -2.42. The molecule has 1 heterocycles. The first kappa shape index (κ1) is 15.3. The second kappa shape index (κ2) is 5.37. The second-order valence-corrected chi connectivity index (χ2v) is 7.67. The van der Waals surface area contributed by atoms with E-state index in [-0.39, 0.29) is 6.04 Å². The highest BCUT2D eigenvalue weighted by atomic mass is 32.2. The fourth-order valence-corrected chi connectivity index (χ4v) is 5.27. The molecule has 1 unspecified atom stereocenters. The zero-order valence-corrected chi connectivity index (χ0v) is 13.5. The summed E-state index contributed by atoms with van der Waals surface area (Å²) < 4.78 is 27.6. The molecule has 1 aliphatic heterocycles. The van der Waals surface area contributed by atoms with Gasteiger partial charge in [0.25, 0.3) is 0 Å². The average Bonchev–Trinajstić information content (AvgIpc) is 2.36. The van der Waals surface area contributed by atoms with Crippen LogP contribution in [0.15, 0.2) is 11.0 Å². The molecule has 20 heavy (non-hydrogen) atoms. The van der Waals surface area contributed by atoms with E-state index in [0.29, 0.717) is 22.7 Å². The molecule has 1 atom stereocenters. The summed E-state index contributed by atoms with van der Waals surface area (Å²) in [5, 5.41) is 0. The zero-order chi connectivity index (χ0) is 15.1. The van der Waals surface area contributed by atoms with E-state index in [1.165, 1.54) is 0 Å². The highest BCUT2D eigenvalue weighted by Crippen LogP contribution is 2.32. The molecule has 112 valence electrons. The molecule has 1 fully saturated rings. The number of rotatable bonds is 2. The van der Waals surface area contributed by atoms with Crippen molar-refractivity contribution in [1.82, 2.24) is 4.31 Å². The molecule has 2 rings (SSSR count). The number of nitrogens with zero attached hydrogens (tertiary/aromatic N) is 1. The fourth-order valence-electron chi connectivity index (χ4n) is 3.12. The summed E-state index contributed by atoms with van der Waals surface area (Å²) in [6.45, 7) is 8.15. The number of benzene rings is 1. The number of hydrogen-bond donors (Lipinski definition) is 1. The summed E-state index contributed by atoms with van der Waals surface area (Å²) in [7, 11) is -3.46. The second-order valence-electron chi connectivity index (χ2n) is 5.84. The van der Waals surface area contributed by atoms with E-state index in [0.717, 1.165) is 30.4 Å². The predicted octanol–water partition coefficient (Wildman–Crippen LogP) is 2.76. The van der Waals surface area contributed by atoms with E-state index in [9.17, 15) is 8.42 Å². The van der Waals surface area contributed by atoms with Crippen LogP contribution in [0, 0.1) is 20.8 Å². The Kier molecular flexibility index (Phi) is 4.12. The lowest BCUT2D eigenvalue weighted by molar-refractivity contribution is 0.268. The Labute approximate surface area is 122 Å². The minimum atomic E-state index is -3.46. The molecule has 0 radical (unpaired) electrons. The van der Waals surface area contributed by atoms with Gasteiger partial charge in [-0.1, -0.05) is 12.5 Å². The monoisotopic (exact) mass is 296 g/mol. The molecule has 5 heteroatoms. The maximum atomic E-state index is 13.0. The summed E-state index contributed by atoms with van der Waals surface area (Å²) in [5.41, 5.74) is 9.01. The normalized spacial score (nSPS) is 21.1. The lowest BCUT2D eigenvalue weighted by atomic mass is 10.1. The van der Waals surface area contributed by atoms with Crippen LogP contribution in [0.3, 0.4) is 0 Å². The largest absolute Gasteiger partial charge is 0.398 e. The van der Waals surface area contributed by atoms with Crippen molar-refractivity contribution >= 4 is 15.7 Å². The van der Waals surface area contributed by atoms with Gasteiger partial charge in [-0.15, -0.1) is 0 Å². The van der Waals surface area contributed by atoms with Gasteiger partial charge in [0.05, 0.1) is 4.90 Å². The SMILES string of the molecule is Cc1cc(C)c(S(=O)(=O)N2CCCCC2C)c(C)c1N. The summed E-state index contributed by atoms with van der Waals surface area (Å²) in [6, 6.07) is 1.93. The fraction of sp³-hybridized carbons (Fsp3) is 0.600. The van der Waals surface area contributed by atoms with Gasteiger partial charge in [0.2, 0.25) is 10.0 Å². The number of sulfonamides is 1. The summed E-state index contributed by atoms with van der Waals surface area (Å²) in [4.78, 5) is 0.398. The number of nitrogens with two attached hydrogens (primary N) is 1. The van der Waals surface area contributed by atoms with Gasteiger partial charge in [0.15, 0.2) is 0 Å². The van der Waals surface area contributed by atoms with Crippen molar-refractivity contribution in [3.05, 3.63) is 22.8 Å². The van der Waals surface area contributed by atoms with Gasteiger partial charge in [0, 0.05) is 18.3 Å². The van der Waals surface area contributed by atoms with E-state index < -0.39 is 10.0 Å². The van der Waals surface area contributed by atoms with Crippen LogP contribution in [0.1, 0.15) is 42.9 Å². The van der Waals surface area contributed by atoms with Crippen molar-refractivity contribution in [2.24, 2.45) is 0 Å². The minimum absolute atomic E-state index is 0.0649. The number of nitrogen functional groups attached to an aromatic ring is 1. The Bertz CT molecular complexity index is 623. The van der Waals surface area contributed by atoms with Crippen LogP contribution >= 0.6 is 0 Å². The molecule has 0 bridgehead atoms. The quantitative estimate of drug-likeness (QED) is 0.854. The van der Waals surface area contributed by atoms with Crippen molar-refractivity contribution in [3.63, 3.8) is 0 Å². The van der Waals surface area contributed by atoms with Gasteiger partial charge in [-0.3, -0.25) is 0 Å². The first-order valence-corrected chi connectivity index (χ1v) is 8.59. The van der Waals surface area contributed by atoms with Gasteiger partial charge in [-0.2, -0.15) is 4.31 Å². The van der Waals surface area contributed by atoms with Crippen LogP contribution in [0.25, 0.3) is 0 Å². The van der Waals surface area contributed by atoms with Gasteiger partial charge >= 0.3 is 0 Å². The zero-order valence-electron chi connectivity index (χ0n) is 12.7. The van der Waals surface area contributed by atoms with Crippen LogP contribution < -0.4 is 5.73 Å². The highest BCUT2D eigenvalue weighted by molar-refractivity contribution is 7.89. The number of piperidine rings is 1. The molecular formula is C15H24N2O2S. The maximum absolute atomic E-state index is 13.0. The Hall–Kier alpha value is -1.07. The molecule has 0 amide bonds. The van der Waals surface area contributed by atoms with E-state index in [4.69, 9.17) is 5.73 Å². The molecule has 4 nitrogen and oxygen atoms in total. The summed E-state index contributed by atoms with van der Waals surface area (Å²) in [6.07, 6.45) is 2.96. The maximum Gasteiger partial charge on any atom is 0.243 e. The topological polar surface area (TPSA) is 63.4 Å². The third-order valence-electron chi connectivity index (χ3n) is 4.27. The molecule has 0 aliphatic carbocycles. The lowest BCUT2D eigenvalue weighted by Gasteiger charge is -2.33. The van der Waals surface area contributed by atoms with Gasteiger partial charge in [-0.05, 0) is 57.2 Å². The van der Waals surface area contributed by atoms with Crippen LogP contribution in [0.4, 0.5) is 5.69 Å². The van der Waals surface area contributed by atoms with Crippen molar-refractivity contribution in [1.29, 1.82) is 0 Å². The summed E-state index contributed by atoms with van der Waals surface area (Å²) in [5.74, 6) is 0. The van der Waals surface area contributed by atoms with E-state index in [2.05, 4.69) is 0 Å². The average molecular weight is 296 g/mol. The van der Waals surface area contributed by atoms with Crippen molar-refractivity contribution in [3.8, 4) is 0 Å². The Morgan fingerprint density at radius 1 is 1.20 bits per heavy atom. The van der Waals surface area contributed by atoms with Gasteiger partial charge in [-0.25, -0.2) is 8.42 Å². The molecule has 1 aromatic carbocycles. The molecule has 1 aliphatic rings. The highest BCUT2D eigenvalue weighted by Gasteiger charge is 2.33. The van der Waals surface area contributed by atoms with Crippen molar-refractivity contribution < 1.29 is 8.42 Å². The first-order chi connectivity index (χ1) is 9.26. The Morgan fingerprint density at radius 2 is 1.85 bits per heavy atom. The van der Waals surface area contributed by atoms with Crippen LogP contribution in [-0.2, 0) is 10.0 Å². The van der Waals surface area contributed by atoms with E-state index in [1.54, 1.807) is 11.2 Å². The van der Waals surface area contributed by atoms with E-state index >= 15 is 0 Å². The molecule has 0 saturated carbocycles. The molecule has 0 aromatic heterocycles. The van der Waals surface area contributed by atoms with Crippen molar-refractivity contribution in [2.45, 2.75) is 57.9 Å². The van der Waals surface area contributed by atoms with Gasteiger partial charge < -0.3 is 5.73 Å². The predicted molar refractivity (Wildman–Crippen MR) is 82.3 cm³/mol. The standard InChI is InChI=1S/C15H24N2O2S/c1-10-9-11(2)15(13(4)14(10)16)20(18,19)17-8-6-5-7-12(17)3/h9,12H,5-8,16H2,1-4H3. The summed E-state index contributed by atoms with van der Waals surface area (Å²) >= 11 is 0. The third-order valence-corrected chi connectivity index (χ3v) is 6.57.